The molecule has 6 nitrogen and oxygen atoms in total. The summed E-state index contributed by atoms with van der Waals surface area (Å²) in [5.74, 6) is 0.273. The zero-order chi connectivity index (χ0) is 21.1. The number of nitrogens with zero attached hydrogens (tertiary/aromatic N) is 3. The Morgan fingerprint density at radius 1 is 1.10 bits per heavy atom. The molecule has 4 rings (SSSR count). The molecule has 1 aromatic carbocycles. The highest BCUT2D eigenvalue weighted by Gasteiger charge is 2.34. The second-order valence-electron chi connectivity index (χ2n) is 8.57. The van der Waals surface area contributed by atoms with Crippen LogP contribution in [0, 0.1) is 5.92 Å². The van der Waals surface area contributed by atoms with Gasteiger partial charge >= 0.3 is 0 Å². The fourth-order valence-corrected chi connectivity index (χ4v) is 5.98. The summed E-state index contributed by atoms with van der Waals surface area (Å²) in [4.78, 5) is 18.9. The van der Waals surface area contributed by atoms with Crippen molar-refractivity contribution in [3.8, 4) is 0 Å². The van der Waals surface area contributed by atoms with Gasteiger partial charge in [-0.3, -0.25) is 4.79 Å². The number of imidazole rings is 1. The Balaban J connectivity index is 1.67. The topological polar surface area (TPSA) is 72.3 Å². The van der Waals surface area contributed by atoms with Gasteiger partial charge in [-0.2, -0.15) is 0 Å². The molecule has 0 radical (unpaired) electrons. The lowest BCUT2D eigenvalue weighted by Crippen LogP contribution is -2.33. The number of hydrogen-bond donors (Lipinski definition) is 0. The predicted molar refractivity (Wildman–Crippen MR) is 115 cm³/mol. The quantitative estimate of drug-likeness (QED) is 0.633. The molecule has 0 N–H and O–H groups in total. The van der Waals surface area contributed by atoms with Crippen LogP contribution in [0.15, 0.2) is 41.7 Å². The molecule has 0 atom stereocenters. The lowest BCUT2D eigenvalue weighted by Gasteiger charge is -2.28. The van der Waals surface area contributed by atoms with E-state index >= 15 is 0 Å². The molecule has 7 heteroatoms. The molecule has 2 saturated carbocycles. The molecule has 0 saturated heterocycles. The maximum atomic E-state index is 13.3. The van der Waals surface area contributed by atoms with Crippen molar-refractivity contribution in [1.82, 2.24) is 14.5 Å². The summed E-state index contributed by atoms with van der Waals surface area (Å²) in [5, 5.41) is 0.156. The van der Waals surface area contributed by atoms with Crippen molar-refractivity contribution in [3.05, 3.63) is 47.8 Å². The number of rotatable bonds is 8. The first-order valence-corrected chi connectivity index (χ1v) is 12.8. The highest BCUT2D eigenvalue weighted by molar-refractivity contribution is 7.90. The fourth-order valence-electron chi connectivity index (χ4n) is 4.44. The third-order valence-corrected chi connectivity index (χ3v) is 7.80. The molecule has 2 aromatic rings. The normalized spacial score (nSPS) is 17.8. The largest absolute Gasteiger partial charge is 0.337 e. The van der Waals surface area contributed by atoms with Crippen LogP contribution in [0.5, 0.6) is 0 Å². The molecule has 1 heterocycles. The highest BCUT2D eigenvalue weighted by Crippen LogP contribution is 2.34. The highest BCUT2D eigenvalue weighted by atomic mass is 32.2. The third kappa shape index (κ3) is 4.61. The Kier molecular flexibility index (Phi) is 6.27. The van der Waals surface area contributed by atoms with Crippen LogP contribution in [0.2, 0.25) is 0 Å². The Morgan fingerprint density at radius 3 is 2.43 bits per heavy atom. The van der Waals surface area contributed by atoms with E-state index in [-0.39, 0.29) is 28.8 Å². The minimum atomic E-state index is -3.59. The maximum absolute atomic E-state index is 13.3. The van der Waals surface area contributed by atoms with Gasteiger partial charge in [0.05, 0.1) is 24.2 Å². The first-order valence-electron chi connectivity index (χ1n) is 11.1. The lowest BCUT2D eigenvalue weighted by atomic mass is 9.95. The number of amides is 1. The monoisotopic (exact) mass is 429 g/mol. The van der Waals surface area contributed by atoms with E-state index in [1.165, 1.54) is 6.42 Å². The van der Waals surface area contributed by atoms with Gasteiger partial charge in [-0.25, -0.2) is 13.4 Å². The van der Waals surface area contributed by atoms with Crippen LogP contribution in [0.25, 0.3) is 0 Å². The second-order valence-corrected chi connectivity index (χ2v) is 10.4. The van der Waals surface area contributed by atoms with Crippen LogP contribution in [0.1, 0.15) is 69.2 Å². The molecule has 0 unspecified atom stereocenters. The van der Waals surface area contributed by atoms with Gasteiger partial charge in [0, 0.05) is 18.5 Å². The van der Waals surface area contributed by atoms with E-state index < -0.39 is 9.84 Å². The summed E-state index contributed by atoms with van der Waals surface area (Å²) in [6, 6.07) is 9.39. The number of carbonyl (C=O) groups excluding carboxylic acids is 1. The van der Waals surface area contributed by atoms with Crippen LogP contribution in [0.3, 0.4) is 0 Å². The Labute approximate surface area is 179 Å². The Bertz CT molecular complexity index is 974. The smallest absolute Gasteiger partial charge is 0.228 e. The summed E-state index contributed by atoms with van der Waals surface area (Å²) in [6.07, 6.45) is 8.91. The van der Waals surface area contributed by atoms with Gasteiger partial charge in [0.25, 0.3) is 0 Å². The summed E-state index contributed by atoms with van der Waals surface area (Å²) in [7, 11) is -3.59. The zero-order valence-electron chi connectivity index (χ0n) is 17.7. The van der Waals surface area contributed by atoms with E-state index in [4.69, 9.17) is 0 Å². The van der Waals surface area contributed by atoms with E-state index in [1.54, 1.807) is 6.20 Å². The molecule has 2 fully saturated rings. The van der Waals surface area contributed by atoms with Crippen LogP contribution < -0.4 is 0 Å². The van der Waals surface area contributed by atoms with Crippen molar-refractivity contribution in [3.63, 3.8) is 0 Å². The van der Waals surface area contributed by atoms with Crippen LogP contribution in [-0.4, -0.2) is 35.3 Å². The summed E-state index contributed by atoms with van der Waals surface area (Å²) >= 11 is 0. The molecular weight excluding hydrogens is 398 g/mol. The van der Waals surface area contributed by atoms with E-state index in [0.29, 0.717) is 13.1 Å². The van der Waals surface area contributed by atoms with Crippen LogP contribution in [0.4, 0.5) is 0 Å². The molecule has 1 amide bonds. The average Bonchev–Trinajstić information content (AvgIpc) is 3.51. The molecule has 1 aromatic heterocycles. The van der Waals surface area contributed by atoms with Gasteiger partial charge < -0.3 is 9.47 Å². The number of aromatic nitrogens is 2. The van der Waals surface area contributed by atoms with E-state index in [2.05, 4.69) is 4.98 Å². The minimum absolute atomic E-state index is 0.0600. The average molecular weight is 430 g/mol. The van der Waals surface area contributed by atoms with E-state index in [1.807, 2.05) is 46.7 Å². The summed E-state index contributed by atoms with van der Waals surface area (Å²) in [6.45, 7) is 3.03. The minimum Gasteiger partial charge on any atom is -0.337 e. The van der Waals surface area contributed by atoms with E-state index in [9.17, 15) is 13.2 Å². The zero-order valence-corrected chi connectivity index (χ0v) is 18.5. The van der Waals surface area contributed by atoms with Crippen LogP contribution >= 0.6 is 0 Å². The molecule has 2 aliphatic rings. The van der Waals surface area contributed by atoms with Gasteiger partial charge in [0.1, 0.15) is 0 Å². The maximum Gasteiger partial charge on any atom is 0.228 e. The molecule has 0 spiro atoms. The van der Waals surface area contributed by atoms with Crippen molar-refractivity contribution in [2.24, 2.45) is 5.92 Å². The fraction of sp³-hybridized carbons (Fsp3) is 0.565. The molecule has 30 heavy (non-hydrogen) atoms. The lowest BCUT2D eigenvalue weighted by molar-refractivity contribution is -0.133. The van der Waals surface area contributed by atoms with Crippen molar-refractivity contribution in [1.29, 1.82) is 0 Å². The van der Waals surface area contributed by atoms with Crippen molar-refractivity contribution >= 4 is 15.7 Å². The third-order valence-electron chi connectivity index (χ3n) is 6.23. The predicted octanol–water partition coefficient (Wildman–Crippen LogP) is 4.12. The van der Waals surface area contributed by atoms with E-state index in [0.717, 1.165) is 49.8 Å². The van der Waals surface area contributed by atoms with Gasteiger partial charge in [-0.15, -0.1) is 0 Å². The van der Waals surface area contributed by atoms with Crippen LogP contribution in [-0.2, 0) is 26.9 Å². The first kappa shape index (κ1) is 21.1. The van der Waals surface area contributed by atoms with Gasteiger partial charge in [-0.1, -0.05) is 49.6 Å². The molecule has 0 bridgehead atoms. The summed E-state index contributed by atoms with van der Waals surface area (Å²) < 4.78 is 28.6. The Hall–Kier alpha value is -2.15. The first-order chi connectivity index (χ1) is 14.5. The second kappa shape index (κ2) is 8.92. The molecular formula is C23H31N3O3S. The summed E-state index contributed by atoms with van der Waals surface area (Å²) in [5.41, 5.74) is 1.60. The number of carbonyl (C=O) groups is 1. The van der Waals surface area contributed by atoms with Gasteiger partial charge in [0.15, 0.2) is 0 Å². The molecule has 0 aliphatic heterocycles. The number of hydrogen-bond acceptors (Lipinski definition) is 4. The number of benzene rings is 1. The SMILES string of the molecule is CCN(Cc1cnc(S(=O)(=O)Cc2ccccc2)n1C1CCCCC1)C(=O)C1CC1. The van der Waals surface area contributed by atoms with Gasteiger partial charge in [0.2, 0.25) is 20.9 Å². The molecule has 162 valence electrons. The van der Waals surface area contributed by atoms with Crippen molar-refractivity contribution in [2.75, 3.05) is 6.54 Å². The Morgan fingerprint density at radius 2 is 1.80 bits per heavy atom. The van der Waals surface area contributed by atoms with Crippen molar-refractivity contribution < 1.29 is 13.2 Å². The van der Waals surface area contributed by atoms with Gasteiger partial charge in [-0.05, 0) is 38.2 Å². The molecule has 2 aliphatic carbocycles. The van der Waals surface area contributed by atoms with Crippen molar-refractivity contribution in [2.45, 2.75) is 75.4 Å². The standard InChI is InChI=1S/C23H31N3O3S/c1-2-25(22(27)19-13-14-19)16-21-15-24-23(26(21)20-11-7-4-8-12-20)30(28,29)17-18-9-5-3-6-10-18/h3,5-6,9-10,15,19-20H,2,4,7-8,11-14,16-17H2,1H3. The number of sulfone groups is 1.